The summed E-state index contributed by atoms with van der Waals surface area (Å²) in [7, 11) is 0. The molecule has 2 fully saturated rings. The van der Waals surface area contributed by atoms with Gasteiger partial charge in [0.15, 0.2) is 0 Å². The van der Waals surface area contributed by atoms with Crippen LogP contribution in [0.2, 0.25) is 0 Å². The van der Waals surface area contributed by atoms with Crippen molar-refractivity contribution < 1.29 is 14.6 Å². The Balaban J connectivity index is 1.90. The van der Waals surface area contributed by atoms with Gasteiger partial charge in [-0.25, -0.2) is 0 Å². The number of thioether (sulfide) groups is 1. The van der Waals surface area contributed by atoms with Crippen molar-refractivity contribution in [1.82, 2.24) is 4.90 Å². The van der Waals surface area contributed by atoms with Crippen molar-refractivity contribution in [1.29, 1.82) is 0 Å². The first kappa shape index (κ1) is 13.2. The molecule has 2 aliphatic heterocycles. The second-order valence-corrected chi connectivity index (χ2v) is 5.75. The van der Waals surface area contributed by atoms with E-state index in [4.69, 9.17) is 4.74 Å². The van der Waals surface area contributed by atoms with Crippen LogP contribution in [0.1, 0.15) is 25.7 Å². The van der Waals surface area contributed by atoms with E-state index in [2.05, 4.69) is 0 Å². The fourth-order valence-electron chi connectivity index (χ4n) is 2.74. The second-order valence-electron chi connectivity index (χ2n) is 4.89. The highest BCUT2D eigenvalue weighted by Gasteiger charge is 2.44. The molecule has 0 aliphatic carbocycles. The summed E-state index contributed by atoms with van der Waals surface area (Å²) in [6, 6.07) is 0. The van der Waals surface area contributed by atoms with Gasteiger partial charge >= 0.3 is 0 Å². The molecule has 2 saturated heterocycles. The highest BCUT2D eigenvalue weighted by molar-refractivity contribution is 7.99. The van der Waals surface area contributed by atoms with Crippen molar-refractivity contribution in [3.63, 3.8) is 0 Å². The number of nitrogens with zero attached hydrogens (tertiary/aromatic N) is 1. The second kappa shape index (κ2) is 5.59. The van der Waals surface area contributed by atoms with Crippen molar-refractivity contribution in [3.8, 4) is 0 Å². The number of carbonyl (C=O) groups excluding carboxylic acids is 1. The van der Waals surface area contributed by atoms with Gasteiger partial charge in [-0.05, 0) is 31.9 Å². The Labute approximate surface area is 107 Å². The van der Waals surface area contributed by atoms with E-state index in [9.17, 15) is 9.90 Å². The number of ether oxygens (including phenoxy) is 1. The molecule has 1 atom stereocenters. The number of rotatable bonds is 2. The first-order chi connectivity index (χ1) is 8.18. The number of likely N-dealkylation sites (tertiary alicyclic amines) is 1. The topological polar surface area (TPSA) is 49.8 Å². The number of aliphatic hydroxyl groups excluding tert-OH is 1. The lowest BCUT2D eigenvalue weighted by Crippen LogP contribution is -2.56. The van der Waals surface area contributed by atoms with E-state index in [1.807, 2.05) is 11.2 Å². The molecule has 1 spiro atoms. The lowest BCUT2D eigenvalue weighted by atomic mass is 9.82. The molecule has 17 heavy (non-hydrogen) atoms. The van der Waals surface area contributed by atoms with Crippen LogP contribution in [-0.4, -0.2) is 59.3 Å². The molecule has 4 nitrogen and oxygen atoms in total. The van der Waals surface area contributed by atoms with E-state index >= 15 is 0 Å². The average Bonchev–Trinajstić information content (AvgIpc) is 2.34. The third kappa shape index (κ3) is 2.77. The summed E-state index contributed by atoms with van der Waals surface area (Å²) in [5.74, 6) is 0.758. The molecule has 1 unspecified atom stereocenters. The largest absolute Gasteiger partial charge is 0.390 e. The molecule has 98 valence electrons. The van der Waals surface area contributed by atoms with Gasteiger partial charge in [-0.15, -0.1) is 0 Å². The van der Waals surface area contributed by atoms with E-state index in [1.165, 1.54) is 0 Å². The zero-order valence-electron chi connectivity index (χ0n) is 10.4. The average molecular weight is 259 g/mol. The number of aliphatic hydroxyl groups is 1. The highest BCUT2D eigenvalue weighted by atomic mass is 32.2. The predicted octanol–water partition coefficient (Wildman–Crippen LogP) is 0.882. The summed E-state index contributed by atoms with van der Waals surface area (Å²) in [4.78, 5) is 13.6. The van der Waals surface area contributed by atoms with Crippen molar-refractivity contribution in [2.75, 3.05) is 31.7 Å². The molecule has 0 saturated carbocycles. The smallest absolute Gasteiger partial charge is 0.232 e. The van der Waals surface area contributed by atoms with Gasteiger partial charge in [0.05, 0.1) is 17.5 Å². The van der Waals surface area contributed by atoms with E-state index in [1.54, 1.807) is 11.8 Å². The van der Waals surface area contributed by atoms with E-state index in [0.717, 1.165) is 45.4 Å². The maximum Gasteiger partial charge on any atom is 0.232 e. The molecule has 2 aliphatic rings. The first-order valence-corrected chi connectivity index (χ1v) is 7.66. The number of amides is 1. The number of hydrogen-bond donors (Lipinski definition) is 1. The minimum Gasteiger partial charge on any atom is -0.390 e. The Bertz CT molecular complexity index is 277. The lowest BCUT2D eigenvalue weighted by molar-refractivity contribution is -0.179. The van der Waals surface area contributed by atoms with E-state index < -0.39 is 0 Å². The maximum atomic E-state index is 11.8. The minimum absolute atomic E-state index is 0.206. The number of piperidine rings is 1. The van der Waals surface area contributed by atoms with Crippen LogP contribution in [0.4, 0.5) is 0 Å². The van der Waals surface area contributed by atoms with Crippen LogP contribution in [0.3, 0.4) is 0 Å². The Morgan fingerprint density at radius 1 is 1.53 bits per heavy atom. The predicted molar refractivity (Wildman–Crippen MR) is 68.1 cm³/mol. The molecule has 2 rings (SSSR count). The SMILES string of the molecule is CSCC(=O)N1CCC2(CC1)OCCCC2O. The molecule has 0 aromatic heterocycles. The van der Waals surface area contributed by atoms with Gasteiger partial charge in [0.1, 0.15) is 0 Å². The molecule has 0 aromatic rings. The molecule has 0 bridgehead atoms. The third-order valence-corrected chi connectivity index (χ3v) is 4.38. The van der Waals surface area contributed by atoms with Crippen LogP contribution in [0, 0.1) is 0 Å². The van der Waals surface area contributed by atoms with E-state index in [0.29, 0.717) is 5.75 Å². The molecule has 1 N–H and O–H groups in total. The third-order valence-electron chi connectivity index (χ3n) is 3.85. The van der Waals surface area contributed by atoms with Gasteiger partial charge < -0.3 is 14.7 Å². The van der Waals surface area contributed by atoms with Gasteiger partial charge in [-0.1, -0.05) is 0 Å². The van der Waals surface area contributed by atoms with Crippen LogP contribution >= 0.6 is 11.8 Å². The zero-order valence-corrected chi connectivity index (χ0v) is 11.2. The first-order valence-electron chi connectivity index (χ1n) is 6.27. The standard InChI is InChI=1S/C12H21NO3S/c1-17-9-11(15)13-6-4-12(5-7-13)10(14)3-2-8-16-12/h10,14H,2-9H2,1H3. The van der Waals surface area contributed by atoms with Gasteiger partial charge in [0.25, 0.3) is 0 Å². The summed E-state index contributed by atoms with van der Waals surface area (Å²) in [6.45, 7) is 2.18. The normalized spacial score (nSPS) is 28.4. The maximum absolute atomic E-state index is 11.8. The van der Waals surface area contributed by atoms with Crippen molar-refractivity contribution in [2.24, 2.45) is 0 Å². The van der Waals surface area contributed by atoms with Crippen molar-refractivity contribution in [3.05, 3.63) is 0 Å². The molecule has 2 heterocycles. The Morgan fingerprint density at radius 2 is 2.24 bits per heavy atom. The lowest BCUT2D eigenvalue weighted by Gasteiger charge is -2.46. The fourth-order valence-corrected chi connectivity index (χ4v) is 3.17. The zero-order chi connectivity index (χ0) is 12.3. The quantitative estimate of drug-likeness (QED) is 0.800. The summed E-state index contributed by atoms with van der Waals surface area (Å²) in [5, 5.41) is 10.1. The molecular weight excluding hydrogens is 238 g/mol. The van der Waals surface area contributed by atoms with Crippen LogP contribution in [-0.2, 0) is 9.53 Å². The van der Waals surface area contributed by atoms with Crippen LogP contribution in [0.5, 0.6) is 0 Å². The van der Waals surface area contributed by atoms with Crippen LogP contribution in [0.25, 0.3) is 0 Å². The fraction of sp³-hybridized carbons (Fsp3) is 0.917. The molecule has 1 amide bonds. The summed E-state index contributed by atoms with van der Waals surface area (Å²) in [6.07, 6.45) is 4.91. The van der Waals surface area contributed by atoms with Crippen molar-refractivity contribution >= 4 is 17.7 Å². The van der Waals surface area contributed by atoms with Crippen LogP contribution in [0.15, 0.2) is 0 Å². The monoisotopic (exact) mass is 259 g/mol. The molecular formula is C12H21NO3S. The minimum atomic E-state index is -0.367. The molecule has 0 aromatic carbocycles. The Kier molecular flexibility index (Phi) is 4.33. The summed E-state index contributed by atoms with van der Waals surface area (Å²) in [5.41, 5.74) is -0.367. The van der Waals surface area contributed by atoms with Crippen LogP contribution < -0.4 is 0 Å². The number of carbonyl (C=O) groups is 1. The molecule has 5 heteroatoms. The van der Waals surface area contributed by atoms with Gasteiger partial charge in [-0.3, -0.25) is 4.79 Å². The summed E-state index contributed by atoms with van der Waals surface area (Å²) < 4.78 is 5.81. The van der Waals surface area contributed by atoms with Gasteiger partial charge in [0, 0.05) is 19.7 Å². The van der Waals surface area contributed by atoms with Gasteiger partial charge in [-0.2, -0.15) is 11.8 Å². The highest BCUT2D eigenvalue weighted by Crippen LogP contribution is 2.35. The van der Waals surface area contributed by atoms with E-state index in [-0.39, 0.29) is 17.6 Å². The summed E-state index contributed by atoms with van der Waals surface area (Å²) >= 11 is 1.56. The Hall–Kier alpha value is -0.260. The van der Waals surface area contributed by atoms with Gasteiger partial charge in [0.2, 0.25) is 5.91 Å². The van der Waals surface area contributed by atoms with Crippen molar-refractivity contribution in [2.45, 2.75) is 37.4 Å². The molecule has 0 radical (unpaired) electrons. The number of hydrogen-bond acceptors (Lipinski definition) is 4. The Morgan fingerprint density at radius 3 is 2.82 bits per heavy atom.